The van der Waals surface area contributed by atoms with Crippen LogP contribution in [-0.2, 0) is 19.6 Å². The number of nitrogens with one attached hydrogen (secondary N) is 1. The zero-order chi connectivity index (χ0) is 26.3. The van der Waals surface area contributed by atoms with Crippen molar-refractivity contribution >= 4 is 16.0 Å². The van der Waals surface area contributed by atoms with Crippen molar-refractivity contribution in [1.82, 2.24) is 14.5 Å². The first kappa shape index (κ1) is 27.8. The number of carbonyl (C=O) groups excluding carboxylic acids is 1. The molecule has 1 heterocycles. The summed E-state index contributed by atoms with van der Waals surface area (Å²) >= 11 is 0. The first-order chi connectivity index (χ1) is 17.9. The van der Waals surface area contributed by atoms with Crippen molar-refractivity contribution in [3.63, 3.8) is 0 Å². The number of rotatable bonds is 12. The van der Waals surface area contributed by atoms with Crippen molar-refractivity contribution < 1.29 is 17.9 Å². The molecule has 7 nitrogen and oxygen atoms in total. The van der Waals surface area contributed by atoms with Crippen molar-refractivity contribution in [2.45, 2.75) is 55.5 Å². The second kappa shape index (κ2) is 13.0. The summed E-state index contributed by atoms with van der Waals surface area (Å²) in [5, 5.41) is 3.74. The van der Waals surface area contributed by atoms with E-state index < -0.39 is 10.0 Å². The molecule has 2 fully saturated rings. The Morgan fingerprint density at radius 2 is 1.76 bits per heavy atom. The fourth-order valence-electron chi connectivity index (χ4n) is 5.47. The van der Waals surface area contributed by atoms with Gasteiger partial charge >= 0.3 is 5.97 Å². The fraction of sp³-hybridized carbons (Fsp3) is 0.552. The molecule has 4 rings (SSSR count). The molecule has 1 saturated heterocycles. The molecule has 0 aromatic heterocycles. The van der Waals surface area contributed by atoms with Crippen LogP contribution in [0.3, 0.4) is 0 Å². The minimum absolute atomic E-state index is 0.0512. The van der Waals surface area contributed by atoms with Crippen molar-refractivity contribution in [1.29, 1.82) is 0 Å². The van der Waals surface area contributed by atoms with Crippen LogP contribution in [0.1, 0.15) is 50.0 Å². The largest absolute Gasteiger partial charge is 0.469 e. The average Bonchev–Trinajstić information content (AvgIpc) is 2.90. The first-order valence-electron chi connectivity index (χ1n) is 13.5. The van der Waals surface area contributed by atoms with Gasteiger partial charge in [0.2, 0.25) is 10.0 Å². The number of sulfonamides is 1. The predicted molar refractivity (Wildman–Crippen MR) is 146 cm³/mol. The molecule has 1 aliphatic carbocycles. The van der Waals surface area contributed by atoms with Gasteiger partial charge in [0, 0.05) is 26.7 Å². The first-order valence-corrected chi connectivity index (χ1v) is 14.9. The van der Waals surface area contributed by atoms with E-state index in [2.05, 4.69) is 22.3 Å². The molecule has 1 saturated carbocycles. The monoisotopic (exact) mass is 527 g/mol. The van der Waals surface area contributed by atoms with Gasteiger partial charge in [-0.3, -0.25) is 9.69 Å². The summed E-state index contributed by atoms with van der Waals surface area (Å²) in [5.41, 5.74) is 1.14. The number of likely N-dealkylation sites (tertiary alicyclic amines) is 1. The average molecular weight is 528 g/mol. The number of benzene rings is 2. The number of hydrogen-bond acceptors (Lipinski definition) is 6. The number of methoxy groups -OCH3 is 1. The van der Waals surface area contributed by atoms with E-state index in [1.165, 1.54) is 30.7 Å². The van der Waals surface area contributed by atoms with E-state index in [1.54, 1.807) is 31.3 Å². The van der Waals surface area contributed by atoms with Crippen LogP contribution in [0.5, 0.6) is 0 Å². The van der Waals surface area contributed by atoms with E-state index in [4.69, 9.17) is 4.74 Å². The van der Waals surface area contributed by atoms with Crippen LogP contribution in [0.4, 0.5) is 0 Å². The third-order valence-electron chi connectivity index (χ3n) is 8.08. The summed E-state index contributed by atoms with van der Waals surface area (Å²) in [6.07, 6.45) is 6.34. The topological polar surface area (TPSA) is 79.0 Å². The lowest BCUT2D eigenvalue weighted by Gasteiger charge is -2.41. The standard InChI is InChI=1S/C29H41N3O4S/c1-31(37(34,35)27-14-7-4-8-15-27)22-26(24-12-5-3-6-13-24)17-19-32-18-16-25(29(33)36-2)20-28(32)30-21-23-10-9-11-23/h3-8,12-15,23,25-26,28,30H,9-11,16-22H2,1-2H3/t25?,26-,28-/m0/s1. The maximum atomic E-state index is 13.2. The number of ether oxygens (including phenoxy) is 1. The lowest BCUT2D eigenvalue weighted by atomic mass is 9.85. The van der Waals surface area contributed by atoms with Gasteiger partial charge in [0.1, 0.15) is 0 Å². The smallest absolute Gasteiger partial charge is 0.308 e. The Hall–Kier alpha value is -2.26. The Labute approximate surface area is 222 Å². The number of nitrogens with zero attached hydrogens (tertiary/aromatic N) is 2. The van der Waals surface area contributed by atoms with Crippen LogP contribution in [0, 0.1) is 11.8 Å². The van der Waals surface area contributed by atoms with Gasteiger partial charge < -0.3 is 10.1 Å². The summed E-state index contributed by atoms with van der Waals surface area (Å²) in [7, 11) is -0.436. The van der Waals surface area contributed by atoms with Gasteiger partial charge in [0.15, 0.2) is 0 Å². The zero-order valence-electron chi connectivity index (χ0n) is 22.1. The van der Waals surface area contributed by atoms with Gasteiger partial charge in [-0.1, -0.05) is 55.0 Å². The van der Waals surface area contributed by atoms with Crippen LogP contribution in [-0.4, -0.2) is 70.1 Å². The van der Waals surface area contributed by atoms with E-state index in [0.29, 0.717) is 11.4 Å². The zero-order valence-corrected chi connectivity index (χ0v) is 22.9. The molecule has 1 N–H and O–H groups in total. The normalized spacial score (nSPS) is 21.9. The maximum Gasteiger partial charge on any atom is 0.308 e. The molecule has 8 heteroatoms. The molecule has 0 amide bonds. The number of piperidine rings is 1. The molecule has 37 heavy (non-hydrogen) atoms. The third-order valence-corrected chi connectivity index (χ3v) is 9.92. The predicted octanol–water partition coefficient (Wildman–Crippen LogP) is 4.08. The minimum atomic E-state index is -3.57. The molecule has 0 radical (unpaired) electrons. The van der Waals surface area contributed by atoms with Crippen molar-refractivity contribution in [2.75, 3.05) is 40.3 Å². The Morgan fingerprint density at radius 1 is 1.08 bits per heavy atom. The molecule has 2 aromatic rings. The second-order valence-electron chi connectivity index (χ2n) is 10.5. The number of carbonyl (C=O) groups is 1. The Morgan fingerprint density at radius 3 is 2.38 bits per heavy atom. The summed E-state index contributed by atoms with van der Waals surface area (Å²) < 4.78 is 33.0. The molecule has 1 unspecified atom stereocenters. The number of likely N-dealkylation sites (N-methyl/N-ethyl adjacent to an activating group) is 1. The van der Waals surface area contributed by atoms with Gasteiger partial charge in [-0.25, -0.2) is 12.7 Å². The lowest BCUT2D eigenvalue weighted by Crippen LogP contribution is -2.53. The van der Waals surface area contributed by atoms with E-state index in [9.17, 15) is 13.2 Å². The molecule has 0 bridgehead atoms. The van der Waals surface area contributed by atoms with Gasteiger partial charge in [-0.2, -0.15) is 0 Å². The second-order valence-corrected chi connectivity index (χ2v) is 12.5. The van der Waals surface area contributed by atoms with Crippen LogP contribution in [0.25, 0.3) is 0 Å². The van der Waals surface area contributed by atoms with Crippen molar-refractivity contribution in [3.05, 3.63) is 66.2 Å². The molecular formula is C29H41N3O4S. The quantitative estimate of drug-likeness (QED) is 0.419. The molecule has 202 valence electrons. The van der Waals surface area contributed by atoms with Gasteiger partial charge in [0.25, 0.3) is 0 Å². The van der Waals surface area contributed by atoms with E-state index in [-0.39, 0.29) is 24.0 Å². The van der Waals surface area contributed by atoms with Crippen LogP contribution < -0.4 is 5.32 Å². The van der Waals surface area contributed by atoms with E-state index >= 15 is 0 Å². The minimum Gasteiger partial charge on any atom is -0.469 e. The Bertz CT molecular complexity index is 1090. The third kappa shape index (κ3) is 7.19. The maximum absolute atomic E-state index is 13.2. The van der Waals surface area contributed by atoms with Crippen LogP contribution in [0.2, 0.25) is 0 Å². The fourth-order valence-corrected chi connectivity index (χ4v) is 6.70. The van der Waals surface area contributed by atoms with Crippen molar-refractivity contribution in [3.8, 4) is 0 Å². The molecule has 1 aliphatic heterocycles. The highest BCUT2D eigenvalue weighted by atomic mass is 32.2. The van der Waals surface area contributed by atoms with Crippen LogP contribution in [0.15, 0.2) is 65.6 Å². The van der Waals surface area contributed by atoms with E-state index in [1.807, 2.05) is 24.3 Å². The van der Waals surface area contributed by atoms with Gasteiger partial charge in [0.05, 0.1) is 24.1 Å². The molecule has 0 spiro atoms. The van der Waals surface area contributed by atoms with E-state index in [0.717, 1.165) is 50.4 Å². The van der Waals surface area contributed by atoms with Gasteiger partial charge in [-0.05, 0) is 68.2 Å². The summed E-state index contributed by atoms with van der Waals surface area (Å²) in [6.45, 7) is 3.03. The molecule has 2 aromatic carbocycles. The van der Waals surface area contributed by atoms with Gasteiger partial charge in [-0.15, -0.1) is 0 Å². The highest BCUT2D eigenvalue weighted by molar-refractivity contribution is 7.89. The van der Waals surface area contributed by atoms with Crippen molar-refractivity contribution in [2.24, 2.45) is 11.8 Å². The lowest BCUT2D eigenvalue weighted by molar-refractivity contribution is -0.148. The Kier molecular flexibility index (Phi) is 9.76. The highest BCUT2D eigenvalue weighted by Gasteiger charge is 2.34. The summed E-state index contributed by atoms with van der Waals surface area (Å²) in [5.74, 6) is 0.585. The Balaban J connectivity index is 1.45. The SMILES string of the molecule is COC(=O)C1CCN(CC[C@@H](CN(C)S(=O)(=O)c2ccccc2)c2ccccc2)[C@H](NCC2CCC2)C1. The summed E-state index contributed by atoms with van der Waals surface area (Å²) in [6, 6.07) is 18.8. The summed E-state index contributed by atoms with van der Waals surface area (Å²) in [4.78, 5) is 15.0. The molecule has 3 atom stereocenters. The number of esters is 1. The molecule has 2 aliphatic rings. The van der Waals surface area contributed by atoms with Crippen LogP contribution >= 0.6 is 0 Å². The molecular weight excluding hydrogens is 486 g/mol. The highest BCUT2D eigenvalue weighted by Crippen LogP contribution is 2.29. The number of hydrogen-bond donors (Lipinski definition) is 1.